The van der Waals surface area contributed by atoms with Crippen LogP contribution in [0.5, 0.6) is 0 Å². The van der Waals surface area contributed by atoms with Crippen molar-refractivity contribution in [2.24, 2.45) is 0 Å². The van der Waals surface area contributed by atoms with Crippen molar-refractivity contribution in [2.75, 3.05) is 17.1 Å². The molecule has 10 heteroatoms. The molecule has 0 spiro atoms. The number of nitrogens with zero attached hydrogens (tertiary/aromatic N) is 2. The van der Waals surface area contributed by atoms with Crippen molar-refractivity contribution in [3.63, 3.8) is 0 Å². The molecule has 1 N–H and O–H groups in total. The molecular weight excluding hydrogens is 617 g/mol. The van der Waals surface area contributed by atoms with Crippen LogP contribution in [0.1, 0.15) is 60.8 Å². The van der Waals surface area contributed by atoms with Crippen molar-refractivity contribution < 1.29 is 18.0 Å². The number of halogens is 2. The highest BCUT2D eigenvalue weighted by molar-refractivity contribution is 7.92. The van der Waals surface area contributed by atoms with Gasteiger partial charge in [-0.25, -0.2) is 8.42 Å². The normalized spacial score (nSPS) is 14.3. The predicted octanol–water partition coefficient (Wildman–Crippen LogP) is 6.86. The maximum Gasteiger partial charge on any atom is 0.243 e. The second-order valence-corrected chi connectivity index (χ2v) is 14.3. The summed E-state index contributed by atoms with van der Waals surface area (Å²) in [5.74, 6) is -0.435. The summed E-state index contributed by atoms with van der Waals surface area (Å²) in [5, 5.41) is 3.97. The fraction of sp³-hybridized carbons (Fsp3) is 0.412. The van der Waals surface area contributed by atoms with Crippen LogP contribution in [0, 0.1) is 13.8 Å². The fourth-order valence-electron chi connectivity index (χ4n) is 5.74. The van der Waals surface area contributed by atoms with Gasteiger partial charge in [0.15, 0.2) is 0 Å². The molecule has 1 fully saturated rings. The first-order valence-corrected chi connectivity index (χ1v) is 17.7. The van der Waals surface area contributed by atoms with Gasteiger partial charge in [-0.1, -0.05) is 84.6 Å². The van der Waals surface area contributed by atoms with Crippen LogP contribution in [-0.2, 0) is 32.6 Å². The Hall–Kier alpha value is -3.07. The van der Waals surface area contributed by atoms with Gasteiger partial charge in [0.2, 0.25) is 21.8 Å². The van der Waals surface area contributed by atoms with Gasteiger partial charge >= 0.3 is 0 Å². The van der Waals surface area contributed by atoms with Crippen molar-refractivity contribution >= 4 is 50.7 Å². The van der Waals surface area contributed by atoms with Gasteiger partial charge in [-0.3, -0.25) is 13.9 Å². The molecule has 1 aliphatic rings. The Kier molecular flexibility index (Phi) is 11.7. The fourth-order valence-corrected chi connectivity index (χ4v) is 7.08. The largest absolute Gasteiger partial charge is 0.352 e. The van der Waals surface area contributed by atoms with Crippen molar-refractivity contribution in [1.82, 2.24) is 10.2 Å². The molecule has 236 valence electrons. The Morgan fingerprint density at radius 2 is 1.64 bits per heavy atom. The van der Waals surface area contributed by atoms with Crippen molar-refractivity contribution in [2.45, 2.75) is 77.4 Å². The van der Waals surface area contributed by atoms with E-state index >= 15 is 0 Å². The van der Waals surface area contributed by atoms with E-state index in [0.717, 1.165) is 47.9 Å². The minimum absolute atomic E-state index is 0.0558. The van der Waals surface area contributed by atoms with Crippen molar-refractivity contribution in [1.29, 1.82) is 0 Å². The van der Waals surface area contributed by atoms with E-state index < -0.39 is 16.1 Å². The molecule has 0 aromatic heterocycles. The highest BCUT2D eigenvalue weighted by atomic mass is 35.5. The summed E-state index contributed by atoms with van der Waals surface area (Å²) >= 11 is 12.5. The number of anilines is 1. The van der Waals surface area contributed by atoms with E-state index in [4.69, 9.17) is 23.2 Å². The maximum absolute atomic E-state index is 14.1. The van der Waals surface area contributed by atoms with Gasteiger partial charge in [0.25, 0.3) is 0 Å². The molecule has 4 rings (SSSR count). The van der Waals surface area contributed by atoms with Crippen LogP contribution in [0.15, 0.2) is 66.7 Å². The van der Waals surface area contributed by atoms with Gasteiger partial charge < -0.3 is 10.2 Å². The average Bonchev–Trinajstić information content (AvgIpc) is 3.49. The zero-order valence-corrected chi connectivity index (χ0v) is 27.9. The van der Waals surface area contributed by atoms with Gasteiger partial charge in [-0.05, 0) is 73.6 Å². The summed E-state index contributed by atoms with van der Waals surface area (Å²) in [4.78, 5) is 29.6. The Labute approximate surface area is 271 Å². The summed E-state index contributed by atoms with van der Waals surface area (Å²) in [6, 6.07) is 19.7. The summed E-state index contributed by atoms with van der Waals surface area (Å²) < 4.78 is 27.0. The molecule has 0 heterocycles. The predicted molar refractivity (Wildman–Crippen MR) is 179 cm³/mol. The van der Waals surface area contributed by atoms with Crippen LogP contribution in [0.3, 0.4) is 0 Å². The van der Waals surface area contributed by atoms with Crippen molar-refractivity contribution in [3.05, 3.63) is 99.0 Å². The second kappa shape index (κ2) is 15.3. The van der Waals surface area contributed by atoms with E-state index in [9.17, 15) is 18.0 Å². The van der Waals surface area contributed by atoms with Gasteiger partial charge in [0.05, 0.1) is 22.0 Å². The van der Waals surface area contributed by atoms with E-state index in [0.29, 0.717) is 22.2 Å². The Balaban J connectivity index is 1.62. The monoisotopic (exact) mass is 657 g/mol. The van der Waals surface area contributed by atoms with E-state index in [1.807, 2.05) is 56.3 Å². The smallest absolute Gasteiger partial charge is 0.243 e. The Morgan fingerprint density at radius 1 is 0.932 bits per heavy atom. The van der Waals surface area contributed by atoms with E-state index in [2.05, 4.69) is 5.32 Å². The first-order chi connectivity index (χ1) is 20.9. The lowest BCUT2D eigenvalue weighted by atomic mass is 10.0. The number of carbonyl (C=O) groups excluding carboxylic acids is 2. The highest BCUT2D eigenvalue weighted by Crippen LogP contribution is 2.27. The van der Waals surface area contributed by atoms with Crippen LogP contribution < -0.4 is 9.62 Å². The lowest BCUT2D eigenvalue weighted by Gasteiger charge is -2.33. The molecule has 3 aromatic carbocycles. The minimum Gasteiger partial charge on any atom is -0.352 e. The first-order valence-electron chi connectivity index (χ1n) is 15.1. The molecule has 0 radical (unpaired) electrons. The molecule has 0 aliphatic heterocycles. The zero-order chi connectivity index (χ0) is 31.9. The van der Waals surface area contributed by atoms with Gasteiger partial charge in [0, 0.05) is 32.0 Å². The number of nitrogens with one attached hydrogen (secondary N) is 1. The average molecular weight is 659 g/mol. The summed E-state index contributed by atoms with van der Waals surface area (Å²) in [5.41, 5.74) is 4.14. The van der Waals surface area contributed by atoms with Crippen LogP contribution in [0.25, 0.3) is 0 Å². The van der Waals surface area contributed by atoms with Gasteiger partial charge in [-0.15, -0.1) is 0 Å². The number of rotatable bonds is 13. The number of sulfonamides is 1. The number of hydrogen-bond acceptors (Lipinski definition) is 4. The second-order valence-electron chi connectivity index (χ2n) is 11.6. The molecule has 1 aliphatic carbocycles. The number of aryl methyl sites for hydroxylation is 1. The maximum atomic E-state index is 14.1. The molecule has 0 bridgehead atoms. The molecule has 1 saturated carbocycles. The summed E-state index contributed by atoms with van der Waals surface area (Å²) in [7, 11) is -3.60. The quantitative estimate of drug-likeness (QED) is 0.218. The van der Waals surface area contributed by atoms with E-state index in [-0.39, 0.29) is 43.8 Å². The van der Waals surface area contributed by atoms with Crippen LogP contribution in [-0.4, -0.2) is 50.0 Å². The van der Waals surface area contributed by atoms with E-state index in [1.165, 1.54) is 10.6 Å². The molecule has 3 aromatic rings. The third-order valence-corrected chi connectivity index (χ3v) is 10.2. The summed E-state index contributed by atoms with van der Waals surface area (Å²) in [6.45, 7) is 4.11. The van der Waals surface area contributed by atoms with Gasteiger partial charge in [-0.2, -0.15) is 0 Å². The Bertz CT molecular complexity index is 1560. The molecule has 2 amide bonds. The molecular formula is C34H41Cl2N3O4S. The van der Waals surface area contributed by atoms with Gasteiger partial charge in [0.1, 0.15) is 6.04 Å². The lowest BCUT2D eigenvalue weighted by molar-refractivity contribution is -0.141. The highest BCUT2D eigenvalue weighted by Gasteiger charge is 2.32. The van der Waals surface area contributed by atoms with Crippen LogP contribution >= 0.6 is 23.2 Å². The third kappa shape index (κ3) is 8.99. The standard InChI is InChI=1S/C34H41Cl2N3O4S/c1-24-11-9-16-31(25(24)2)39(44(3,42)43)20-10-17-33(40)38(23-27-18-19-29(35)30(36)21-27)32(22-26-12-5-4-6-13-26)34(41)37-28-14-7-8-15-28/h4-6,9,11-13,16,18-19,21,28,32H,7-8,10,14-15,17,20,22-23H2,1-3H3,(H,37,41). The SMILES string of the molecule is Cc1cccc(N(CCCC(=O)N(Cc2ccc(Cl)c(Cl)c2)C(Cc2ccccc2)C(=O)NC2CCCC2)S(C)(=O)=O)c1C. The first kappa shape index (κ1) is 33.8. The minimum atomic E-state index is -3.60. The molecule has 1 atom stereocenters. The number of benzene rings is 3. The zero-order valence-electron chi connectivity index (χ0n) is 25.6. The van der Waals surface area contributed by atoms with Crippen LogP contribution in [0.4, 0.5) is 5.69 Å². The molecule has 1 unspecified atom stereocenters. The number of hydrogen-bond donors (Lipinski definition) is 1. The summed E-state index contributed by atoms with van der Waals surface area (Å²) in [6.07, 6.45) is 5.82. The number of amides is 2. The Morgan fingerprint density at radius 3 is 2.30 bits per heavy atom. The van der Waals surface area contributed by atoms with Crippen molar-refractivity contribution in [3.8, 4) is 0 Å². The lowest BCUT2D eigenvalue weighted by Crippen LogP contribution is -2.52. The molecule has 44 heavy (non-hydrogen) atoms. The molecule has 7 nitrogen and oxygen atoms in total. The van der Waals surface area contributed by atoms with Crippen LogP contribution in [0.2, 0.25) is 10.0 Å². The topological polar surface area (TPSA) is 86.8 Å². The van der Waals surface area contributed by atoms with E-state index in [1.54, 1.807) is 29.2 Å². The third-order valence-electron chi connectivity index (χ3n) is 8.31. The number of carbonyl (C=O) groups is 2. The molecule has 0 saturated heterocycles.